The number of rotatable bonds is 2. The van der Waals surface area contributed by atoms with Crippen molar-refractivity contribution < 1.29 is 4.39 Å². The Morgan fingerprint density at radius 2 is 1.48 bits per heavy atom. The molecule has 0 aliphatic heterocycles. The second kappa shape index (κ2) is 5.16. The molecule has 108 valence electrons. The number of nitrogens with two attached hydrogens (primary N) is 1. The Morgan fingerprint density at radius 3 is 1.87 bits per heavy atom. The largest absolute Gasteiger partial charge is 0.399 e. The molecule has 2 atom stereocenters. The zero-order valence-corrected chi connectivity index (χ0v) is 11.6. The van der Waals surface area contributed by atoms with Gasteiger partial charge in [-0.15, -0.1) is 0 Å². The lowest BCUT2D eigenvalue weighted by Crippen LogP contribution is -2.20. The minimum absolute atomic E-state index is 0.356. The molecule has 7 heteroatoms. The van der Waals surface area contributed by atoms with Crippen LogP contribution >= 0.6 is 0 Å². The van der Waals surface area contributed by atoms with E-state index in [1.165, 1.54) is 12.1 Å². The number of nitrogens with zero attached hydrogens (tertiary/aromatic N) is 5. The van der Waals surface area contributed by atoms with Crippen LogP contribution in [0.5, 0.6) is 0 Å². The van der Waals surface area contributed by atoms with E-state index in [9.17, 15) is 20.2 Å². The molecule has 1 aliphatic rings. The van der Waals surface area contributed by atoms with E-state index in [1.807, 2.05) is 6.07 Å². The number of benzene rings is 1. The Hall–Kier alpha value is -3.86. The topological polar surface area (TPSA) is 145 Å². The van der Waals surface area contributed by atoms with Gasteiger partial charge in [0.15, 0.2) is 5.41 Å². The molecule has 2 N–H and O–H groups in total. The molecule has 6 nitrogen and oxygen atoms in total. The summed E-state index contributed by atoms with van der Waals surface area (Å²) in [5.74, 6) is -1.50. The normalized spacial score (nSPS) is 23.0. The molecule has 1 fully saturated rings. The zero-order valence-electron chi connectivity index (χ0n) is 11.6. The van der Waals surface area contributed by atoms with Gasteiger partial charge in [0.2, 0.25) is 0 Å². The van der Waals surface area contributed by atoms with Gasteiger partial charge in [-0.1, -0.05) is 12.1 Å². The maximum atomic E-state index is 13.1. The van der Waals surface area contributed by atoms with Crippen LogP contribution < -0.4 is 5.73 Å². The highest BCUT2D eigenvalue weighted by Crippen LogP contribution is 2.76. The van der Waals surface area contributed by atoms with E-state index in [1.54, 1.807) is 24.3 Å². The first kappa shape index (κ1) is 15.5. The maximum Gasteiger partial charge on any atom is 0.177 e. The SMILES string of the molecule is N#CC(C#N)=C(N)C1(C#N)C(c2ccc(F)cc2)C1(C#N)C#N. The van der Waals surface area contributed by atoms with Gasteiger partial charge in [-0.2, -0.15) is 26.3 Å². The predicted octanol–water partition coefficient (Wildman–Crippen LogP) is 1.73. The summed E-state index contributed by atoms with van der Waals surface area (Å²) in [7, 11) is 0. The molecule has 1 saturated carbocycles. The van der Waals surface area contributed by atoms with Gasteiger partial charge in [0.05, 0.1) is 23.9 Å². The summed E-state index contributed by atoms with van der Waals surface area (Å²) in [6.07, 6.45) is 0. The first-order chi connectivity index (χ1) is 11.0. The molecule has 0 aromatic heterocycles. The summed E-state index contributed by atoms with van der Waals surface area (Å²) >= 11 is 0. The second-order valence-corrected chi connectivity index (χ2v) is 4.95. The van der Waals surface area contributed by atoms with E-state index >= 15 is 0 Å². The zero-order chi connectivity index (χ0) is 17.3. The fourth-order valence-electron chi connectivity index (χ4n) is 2.88. The highest BCUT2D eigenvalue weighted by Gasteiger charge is 2.82. The van der Waals surface area contributed by atoms with Crippen molar-refractivity contribution in [2.75, 3.05) is 0 Å². The third kappa shape index (κ3) is 1.74. The Morgan fingerprint density at radius 1 is 0.957 bits per heavy atom. The van der Waals surface area contributed by atoms with E-state index in [0.29, 0.717) is 5.56 Å². The number of nitriles is 5. The molecule has 1 aromatic carbocycles. The summed E-state index contributed by atoms with van der Waals surface area (Å²) in [6.45, 7) is 0. The lowest BCUT2D eigenvalue weighted by atomic mass is 9.90. The highest BCUT2D eigenvalue weighted by atomic mass is 19.1. The molecule has 2 rings (SSSR count). The van der Waals surface area contributed by atoms with Crippen molar-refractivity contribution in [3.63, 3.8) is 0 Å². The van der Waals surface area contributed by atoms with Crippen LogP contribution in [0.3, 0.4) is 0 Å². The van der Waals surface area contributed by atoms with Crippen LogP contribution in [0.4, 0.5) is 4.39 Å². The lowest BCUT2D eigenvalue weighted by Gasteiger charge is -2.09. The second-order valence-electron chi connectivity index (χ2n) is 4.95. The number of hydrogen-bond acceptors (Lipinski definition) is 6. The molecule has 1 aromatic rings. The Kier molecular flexibility index (Phi) is 3.48. The van der Waals surface area contributed by atoms with Gasteiger partial charge in [-0.3, -0.25) is 0 Å². The predicted molar refractivity (Wildman–Crippen MR) is 73.3 cm³/mol. The first-order valence-electron chi connectivity index (χ1n) is 6.28. The van der Waals surface area contributed by atoms with E-state index in [0.717, 1.165) is 12.1 Å². The smallest absolute Gasteiger partial charge is 0.177 e. The number of allylic oxidation sites excluding steroid dienone is 2. The van der Waals surface area contributed by atoms with E-state index in [-0.39, 0.29) is 0 Å². The number of hydrogen-bond donors (Lipinski definition) is 1. The summed E-state index contributed by atoms with van der Waals surface area (Å²) in [4.78, 5) is 0. The van der Waals surface area contributed by atoms with Crippen LogP contribution in [0, 0.1) is 73.3 Å². The lowest BCUT2D eigenvalue weighted by molar-refractivity contribution is 0.626. The summed E-state index contributed by atoms with van der Waals surface area (Å²) in [5.41, 5.74) is 1.56. The van der Waals surface area contributed by atoms with Gasteiger partial charge in [-0.05, 0) is 17.7 Å². The van der Waals surface area contributed by atoms with Crippen molar-refractivity contribution in [2.24, 2.45) is 16.6 Å². The van der Waals surface area contributed by atoms with Gasteiger partial charge in [0, 0.05) is 5.92 Å². The van der Waals surface area contributed by atoms with Gasteiger partial charge < -0.3 is 5.73 Å². The molecule has 0 bridgehead atoms. The molecule has 0 spiro atoms. The van der Waals surface area contributed by atoms with Gasteiger partial charge in [0.1, 0.15) is 28.9 Å². The molecule has 0 amide bonds. The van der Waals surface area contributed by atoms with Crippen molar-refractivity contribution in [1.82, 2.24) is 0 Å². The molecular formula is C16H7FN6. The number of halogens is 1. The van der Waals surface area contributed by atoms with Crippen LogP contribution in [-0.2, 0) is 0 Å². The molecule has 2 unspecified atom stereocenters. The molecule has 0 heterocycles. The van der Waals surface area contributed by atoms with Crippen LogP contribution in [0.1, 0.15) is 11.5 Å². The van der Waals surface area contributed by atoms with Gasteiger partial charge >= 0.3 is 0 Å². The Bertz CT molecular complexity index is 880. The third-order valence-corrected chi connectivity index (χ3v) is 4.05. The van der Waals surface area contributed by atoms with Crippen LogP contribution in [0.2, 0.25) is 0 Å². The molecule has 1 aliphatic carbocycles. The van der Waals surface area contributed by atoms with E-state index < -0.39 is 33.8 Å². The minimum atomic E-state index is -1.84. The Balaban J connectivity index is 2.77. The summed E-state index contributed by atoms with van der Waals surface area (Å²) in [5, 5.41) is 46.4. The fraction of sp³-hybridized carbons (Fsp3) is 0.188. The average molecular weight is 302 g/mol. The highest BCUT2D eigenvalue weighted by molar-refractivity contribution is 5.63. The van der Waals surface area contributed by atoms with Gasteiger partial charge in [-0.25, -0.2) is 4.39 Å². The van der Waals surface area contributed by atoms with Crippen molar-refractivity contribution >= 4 is 0 Å². The van der Waals surface area contributed by atoms with Crippen molar-refractivity contribution in [3.8, 4) is 30.3 Å². The average Bonchev–Trinajstić information content (AvgIpc) is 3.20. The van der Waals surface area contributed by atoms with Crippen molar-refractivity contribution in [1.29, 1.82) is 26.3 Å². The van der Waals surface area contributed by atoms with Crippen LogP contribution in [-0.4, -0.2) is 0 Å². The summed E-state index contributed by atoms with van der Waals surface area (Å²) in [6, 6.07) is 13.5. The van der Waals surface area contributed by atoms with E-state index in [4.69, 9.17) is 16.3 Å². The van der Waals surface area contributed by atoms with Crippen LogP contribution in [0.15, 0.2) is 35.5 Å². The molecule has 0 radical (unpaired) electrons. The molecule has 0 saturated heterocycles. The summed E-state index contributed by atoms with van der Waals surface area (Å²) < 4.78 is 13.1. The maximum absolute atomic E-state index is 13.1. The Labute approximate surface area is 131 Å². The molecular weight excluding hydrogens is 295 g/mol. The van der Waals surface area contributed by atoms with Crippen molar-refractivity contribution in [3.05, 3.63) is 46.9 Å². The monoisotopic (exact) mass is 302 g/mol. The standard InChI is InChI=1S/C16H7FN6/c17-12-3-1-10(2-4-12)13-15(7-20,8-21)16(13,9-22)14(23)11(5-18)6-19/h1-4,13H,23H2. The third-order valence-electron chi connectivity index (χ3n) is 4.05. The van der Waals surface area contributed by atoms with Crippen LogP contribution in [0.25, 0.3) is 0 Å². The van der Waals surface area contributed by atoms with E-state index in [2.05, 4.69) is 0 Å². The quantitative estimate of drug-likeness (QED) is 0.823. The molecule has 23 heavy (non-hydrogen) atoms. The minimum Gasteiger partial charge on any atom is -0.399 e. The first-order valence-corrected chi connectivity index (χ1v) is 6.28. The fourth-order valence-corrected chi connectivity index (χ4v) is 2.88. The van der Waals surface area contributed by atoms with Gasteiger partial charge in [0.25, 0.3) is 0 Å². The van der Waals surface area contributed by atoms with Crippen molar-refractivity contribution in [2.45, 2.75) is 5.92 Å².